The van der Waals surface area contributed by atoms with Gasteiger partial charge in [-0.25, -0.2) is 4.79 Å². The maximum absolute atomic E-state index is 14.8. The van der Waals surface area contributed by atoms with Gasteiger partial charge in [-0.3, -0.25) is 19.3 Å². The van der Waals surface area contributed by atoms with Gasteiger partial charge >= 0.3 is 5.97 Å². The molecule has 57 heavy (non-hydrogen) atoms. The van der Waals surface area contributed by atoms with E-state index < -0.39 is 24.5 Å². The Labute approximate surface area is 327 Å². The lowest BCUT2D eigenvalue weighted by molar-refractivity contribution is -0.133. The number of hydrogen-bond acceptors (Lipinski definition) is 10. The second-order valence-electron chi connectivity index (χ2n) is 13.1. The molecule has 3 aromatic heterocycles. The summed E-state index contributed by atoms with van der Waals surface area (Å²) in [4.78, 5) is 57.8. The van der Waals surface area contributed by atoms with E-state index in [0.717, 1.165) is 0 Å². The third-order valence-corrected chi connectivity index (χ3v) is 9.45. The first-order valence-electron chi connectivity index (χ1n) is 18.2. The van der Waals surface area contributed by atoms with Crippen molar-refractivity contribution in [3.05, 3.63) is 95.4 Å². The van der Waals surface area contributed by atoms with Crippen molar-refractivity contribution in [2.45, 2.75) is 39.9 Å². The number of nitrogens with two attached hydrogens (primary N) is 2. The molecule has 0 saturated carbocycles. The number of nitrogens with one attached hydrogen (secondary N) is 3. The third-order valence-electron chi connectivity index (χ3n) is 9.45. The largest absolute Gasteiger partial charge is 0.478 e. The fourth-order valence-electron chi connectivity index (χ4n) is 6.38. The molecule has 3 amide bonds. The van der Waals surface area contributed by atoms with Crippen molar-refractivity contribution in [3.8, 4) is 0 Å². The van der Waals surface area contributed by atoms with Crippen LogP contribution in [0.2, 0.25) is 0 Å². The quantitative estimate of drug-likeness (QED) is 0.0681. The first-order valence-corrected chi connectivity index (χ1v) is 18.2. The molecule has 0 radical (unpaired) electrons. The topological polar surface area (TPSA) is 230 Å². The molecule has 0 spiro atoms. The molecule has 17 heteroatoms. The fraction of sp³-hybridized carbons (Fsp3) is 0.300. The molecule has 0 aliphatic rings. The number of aromatic amines is 1. The Kier molecular flexibility index (Phi) is 12.7. The molecular weight excluding hydrogens is 736 g/mol. The van der Waals surface area contributed by atoms with Gasteiger partial charge < -0.3 is 60.3 Å². The number of carbonyl (C=O) groups is 4. The number of nitrogens with zero attached hydrogens (tertiary/aromatic N) is 3. The maximum Gasteiger partial charge on any atom is 0.335 e. The van der Waals surface area contributed by atoms with Crippen LogP contribution in [0.4, 0.5) is 11.4 Å². The lowest BCUT2D eigenvalue weighted by Crippen LogP contribution is -2.31. The van der Waals surface area contributed by atoms with Crippen LogP contribution in [0, 0.1) is 0 Å². The summed E-state index contributed by atoms with van der Waals surface area (Å²) in [6.07, 6.45) is -1.10. The third kappa shape index (κ3) is 8.68. The molecule has 0 bridgehead atoms. The standard InChI is InChI=1S/C40H46N8O9/c1-23(54-3)56-21-46-33-9-6-29(16-27(33)19-35(46)37(49)43-13-11-41)48(39(51)32-18-26-15-25(40(52)53)5-8-31(26)45-32)30-7-10-34-28(17-30)20-36(38(50)44-14-12-42)47(34)22-57-24(2)55-4/h5-10,15-20,23-24,45H,11-14,21-22,41-42H2,1-4H3,(H,43,49)(H,44,50)(H,52,53). The van der Waals surface area contributed by atoms with E-state index in [1.165, 1.54) is 31.3 Å². The van der Waals surface area contributed by atoms with Gasteiger partial charge in [0.05, 0.1) is 28.0 Å². The Morgan fingerprint density at radius 3 is 1.68 bits per heavy atom. The number of carboxylic acids is 1. The number of carbonyl (C=O) groups excluding carboxylic acids is 3. The fourth-order valence-corrected chi connectivity index (χ4v) is 6.38. The van der Waals surface area contributed by atoms with Crippen LogP contribution in [0.5, 0.6) is 0 Å². The molecule has 6 rings (SSSR count). The minimum atomic E-state index is -1.09. The van der Waals surface area contributed by atoms with Crippen molar-refractivity contribution >= 4 is 67.8 Å². The number of methoxy groups -OCH3 is 2. The van der Waals surface area contributed by atoms with Crippen LogP contribution in [0.1, 0.15) is 55.7 Å². The first-order chi connectivity index (χ1) is 27.5. The zero-order valence-electron chi connectivity index (χ0n) is 32.0. The van der Waals surface area contributed by atoms with E-state index in [4.69, 9.17) is 30.4 Å². The van der Waals surface area contributed by atoms with E-state index in [2.05, 4.69) is 15.6 Å². The molecule has 2 atom stereocenters. The van der Waals surface area contributed by atoms with Crippen LogP contribution in [-0.2, 0) is 32.4 Å². The molecule has 0 saturated heterocycles. The minimum Gasteiger partial charge on any atom is -0.478 e. The Balaban J connectivity index is 1.50. The molecule has 3 aromatic carbocycles. The maximum atomic E-state index is 14.8. The number of hydrogen-bond donors (Lipinski definition) is 6. The SMILES string of the molecule is COC(C)OCn1c(C(=O)NCCN)cc2cc(N(C(=O)c3cc4cc(C(=O)O)ccc4[nH]3)c3ccc4c(c3)cc(C(=O)NCCN)n4COC(C)OC)ccc21. The van der Waals surface area contributed by atoms with Gasteiger partial charge in [0.1, 0.15) is 30.5 Å². The molecule has 2 unspecified atom stereocenters. The van der Waals surface area contributed by atoms with Gasteiger partial charge in [0, 0.05) is 62.1 Å². The molecule has 0 aliphatic carbocycles. The number of aromatic nitrogens is 3. The van der Waals surface area contributed by atoms with Crippen LogP contribution in [-0.4, -0.2) is 95.9 Å². The number of rotatable bonds is 18. The van der Waals surface area contributed by atoms with E-state index in [-0.39, 0.29) is 62.7 Å². The number of carboxylic acid groups (broad SMARTS) is 1. The van der Waals surface area contributed by atoms with E-state index in [1.807, 2.05) is 0 Å². The van der Waals surface area contributed by atoms with Gasteiger partial charge in [0.25, 0.3) is 17.7 Å². The Bertz CT molecular complexity index is 2320. The average molecular weight is 783 g/mol. The number of fused-ring (bicyclic) bond motifs is 3. The lowest BCUT2D eigenvalue weighted by atomic mass is 10.1. The van der Waals surface area contributed by atoms with E-state index in [0.29, 0.717) is 55.5 Å². The number of anilines is 2. The molecule has 0 fully saturated rings. The highest BCUT2D eigenvalue weighted by Crippen LogP contribution is 2.35. The second kappa shape index (κ2) is 17.8. The lowest BCUT2D eigenvalue weighted by Gasteiger charge is -2.23. The highest BCUT2D eigenvalue weighted by Gasteiger charge is 2.26. The number of benzene rings is 3. The number of amides is 3. The normalized spacial score (nSPS) is 12.6. The summed E-state index contributed by atoms with van der Waals surface area (Å²) in [5, 5.41) is 17.0. The van der Waals surface area contributed by atoms with Crippen molar-refractivity contribution in [3.63, 3.8) is 0 Å². The first kappa shape index (κ1) is 40.6. The van der Waals surface area contributed by atoms with Crippen LogP contribution >= 0.6 is 0 Å². The highest BCUT2D eigenvalue weighted by molar-refractivity contribution is 6.14. The second-order valence-corrected chi connectivity index (χ2v) is 13.1. The van der Waals surface area contributed by atoms with E-state index in [1.54, 1.807) is 83.6 Å². The molecule has 17 nitrogen and oxygen atoms in total. The molecule has 300 valence electrons. The Morgan fingerprint density at radius 1 is 0.719 bits per heavy atom. The summed E-state index contributed by atoms with van der Waals surface area (Å²) >= 11 is 0. The average Bonchev–Trinajstić information content (AvgIpc) is 3.92. The van der Waals surface area contributed by atoms with E-state index >= 15 is 0 Å². The smallest absolute Gasteiger partial charge is 0.335 e. The molecular formula is C40H46N8O9. The number of H-pyrrole nitrogens is 1. The van der Waals surface area contributed by atoms with Crippen molar-refractivity contribution in [1.29, 1.82) is 0 Å². The van der Waals surface area contributed by atoms with Gasteiger partial charge in [-0.05, 0) is 86.6 Å². The van der Waals surface area contributed by atoms with Crippen LogP contribution in [0.3, 0.4) is 0 Å². The monoisotopic (exact) mass is 782 g/mol. The van der Waals surface area contributed by atoms with E-state index in [9.17, 15) is 24.3 Å². The Hall–Kier alpha value is -6.08. The van der Waals surface area contributed by atoms with Crippen molar-refractivity contribution in [2.75, 3.05) is 45.3 Å². The molecule has 8 N–H and O–H groups in total. The zero-order chi connectivity index (χ0) is 40.8. The number of ether oxygens (including phenoxy) is 4. The summed E-state index contributed by atoms with van der Waals surface area (Å²) in [6, 6.07) is 20.2. The minimum absolute atomic E-state index is 0.000985. The van der Waals surface area contributed by atoms with Crippen LogP contribution in [0.25, 0.3) is 32.7 Å². The van der Waals surface area contributed by atoms with Gasteiger partial charge in [-0.2, -0.15) is 0 Å². The molecule has 6 aromatic rings. The number of aromatic carboxylic acids is 1. The highest BCUT2D eigenvalue weighted by atomic mass is 16.7. The summed E-state index contributed by atoms with van der Waals surface area (Å²) < 4.78 is 25.6. The van der Waals surface area contributed by atoms with Gasteiger partial charge in [0.2, 0.25) is 0 Å². The summed E-state index contributed by atoms with van der Waals surface area (Å²) in [5.74, 6) is -2.27. The van der Waals surface area contributed by atoms with Gasteiger partial charge in [0.15, 0.2) is 12.6 Å². The van der Waals surface area contributed by atoms with Crippen molar-refractivity contribution < 1.29 is 43.2 Å². The summed E-state index contributed by atoms with van der Waals surface area (Å²) in [5.41, 5.74) is 15.0. The predicted molar refractivity (Wildman–Crippen MR) is 213 cm³/mol. The Morgan fingerprint density at radius 2 is 1.23 bits per heavy atom. The van der Waals surface area contributed by atoms with Gasteiger partial charge in [-0.15, -0.1) is 0 Å². The zero-order valence-corrected chi connectivity index (χ0v) is 32.0. The van der Waals surface area contributed by atoms with Crippen LogP contribution < -0.4 is 27.0 Å². The molecule has 3 heterocycles. The van der Waals surface area contributed by atoms with Crippen LogP contribution in [0.15, 0.2) is 72.8 Å². The van der Waals surface area contributed by atoms with Gasteiger partial charge in [-0.1, -0.05) is 0 Å². The predicted octanol–water partition coefficient (Wildman–Crippen LogP) is 4.06. The summed E-state index contributed by atoms with van der Waals surface area (Å²) in [7, 11) is 3.03. The van der Waals surface area contributed by atoms with Crippen molar-refractivity contribution in [2.24, 2.45) is 11.5 Å². The summed E-state index contributed by atoms with van der Waals surface area (Å²) in [6.45, 7) is 4.51. The van der Waals surface area contributed by atoms with Crippen molar-refractivity contribution in [1.82, 2.24) is 24.8 Å². The molecule has 0 aliphatic heterocycles.